The molecule has 0 unspecified atom stereocenters. The van der Waals surface area contributed by atoms with E-state index in [1.54, 1.807) is 6.92 Å². The molecule has 1 aliphatic rings. The summed E-state index contributed by atoms with van der Waals surface area (Å²) < 4.78 is 4.15. The Kier molecular flexibility index (Phi) is 8.71. The van der Waals surface area contributed by atoms with Crippen molar-refractivity contribution in [2.45, 2.75) is 6.92 Å². The van der Waals surface area contributed by atoms with Crippen LogP contribution in [-0.2, 0) is 9.53 Å². The van der Waals surface area contributed by atoms with Crippen LogP contribution in [-0.4, -0.2) is 18.8 Å². The topological polar surface area (TPSA) is 26.3 Å². The fourth-order valence-electron chi connectivity index (χ4n) is 0.414. The van der Waals surface area contributed by atoms with Crippen molar-refractivity contribution < 1.29 is 9.53 Å². The van der Waals surface area contributed by atoms with Gasteiger partial charge in [-0.25, -0.2) is 0 Å². The molecule has 0 bridgehead atoms. The summed E-state index contributed by atoms with van der Waals surface area (Å²) in [5.41, 5.74) is 0. The summed E-state index contributed by atoms with van der Waals surface area (Å²) >= 11 is 1.83. The quantitative estimate of drug-likeness (QED) is 0.596. The molecule has 3 heteroatoms. The van der Waals surface area contributed by atoms with E-state index >= 15 is 0 Å². The molecule has 0 amide bonds. The molecule has 62 valence electrons. The Morgan fingerprint density at radius 2 is 2.45 bits per heavy atom. The first-order valence-electron chi connectivity index (χ1n) is 3.40. The minimum absolute atomic E-state index is 0.431. The van der Waals surface area contributed by atoms with Gasteiger partial charge in [0.2, 0.25) is 0 Å². The zero-order valence-corrected chi connectivity index (χ0v) is 7.34. The molecule has 0 aromatic carbocycles. The molecule has 0 atom stereocenters. The van der Waals surface area contributed by atoms with Crippen LogP contribution >= 0.6 is 11.8 Å². The molecule has 0 radical (unpaired) electrons. The van der Waals surface area contributed by atoms with Crippen LogP contribution in [0.25, 0.3) is 0 Å². The summed E-state index contributed by atoms with van der Waals surface area (Å²) in [5, 5.41) is 2.10. The summed E-state index contributed by atoms with van der Waals surface area (Å²) in [4.78, 5) is 9.18. The van der Waals surface area contributed by atoms with Gasteiger partial charge in [0.15, 0.2) is 0 Å². The third kappa shape index (κ3) is 9.30. The summed E-state index contributed by atoms with van der Waals surface area (Å²) in [6.45, 7) is 2.66. The maximum absolute atomic E-state index is 9.18. The maximum Gasteiger partial charge on any atom is 0.293 e. The van der Waals surface area contributed by atoms with E-state index in [0.29, 0.717) is 13.1 Å². The number of carbonyl (C=O) groups is 1. The molecule has 0 saturated heterocycles. The van der Waals surface area contributed by atoms with Crippen molar-refractivity contribution in [1.29, 1.82) is 0 Å². The van der Waals surface area contributed by atoms with E-state index in [4.69, 9.17) is 0 Å². The first kappa shape index (κ1) is 10.3. The summed E-state index contributed by atoms with van der Waals surface area (Å²) in [6, 6.07) is 0. The smallest absolute Gasteiger partial charge is 0.293 e. The van der Waals surface area contributed by atoms with Crippen molar-refractivity contribution in [1.82, 2.24) is 0 Å². The monoisotopic (exact) mass is 172 g/mol. The number of rotatable bonds is 2. The molecule has 0 spiro atoms. The minimum Gasteiger partial charge on any atom is -0.468 e. The van der Waals surface area contributed by atoms with Crippen LogP contribution in [0.2, 0.25) is 0 Å². The van der Waals surface area contributed by atoms with Crippen molar-refractivity contribution in [3.05, 3.63) is 23.6 Å². The van der Waals surface area contributed by atoms with Crippen LogP contribution in [0.3, 0.4) is 0 Å². The van der Waals surface area contributed by atoms with Crippen LogP contribution in [0, 0.1) is 0 Å². The van der Waals surface area contributed by atoms with Gasteiger partial charge in [0.1, 0.15) is 0 Å². The lowest BCUT2D eigenvalue weighted by molar-refractivity contribution is -0.128. The van der Waals surface area contributed by atoms with Gasteiger partial charge in [-0.15, -0.1) is 11.8 Å². The lowest BCUT2D eigenvalue weighted by Crippen LogP contribution is -1.80. The lowest BCUT2D eigenvalue weighted by Gasteiger charge is -1.88. The normalized spacial score (nSPS) is 13.2. The number of carbonyl (C=O) groups excluding carboxylic acids is 1. The second-order valence-corrected chi connectivity index (χ2v) is 2.58. The van der Waals surface area contributed by atoms with E-state index in [9.17, 15) is 4.79 Å². The first-order chi connectivity index (χ1) is 5.41. The van der Waals surface area contributed by atoms with Crippen molar-refractivity contribution in [3.63, 3.8) is 0 Å². The fraction of sp³-hybridized carbons (Fsp3) is 0.375. The molecule has 2 nitrogen and oxygen atoms in total. The van der Waals surface area contributed by atoms with Crippen molar-refractivity contribution >= 4 is 18.2 Å². The lowest BCUT2D eigenvalue weighted by atomic mass is 10.5. The highest BCUT2D eigenvalue weighted by molar-refractivity contribution is 8.02. The van der Waals surface area contributed by atoms with Gasteiger partial charge in [-0.1, -0.05) is 18.2 Å². The molecule has 1 aliphatic heterocycles. The van der Waals surface area contributed by atoms with Crippen molar-refractivity contribution in [2.75, 3.05) is 12.4 Å². The molecule has 11 heavy (non-hydrogen) atoms. The zero-order chi connectivity index (χ0) is 8.36. The molecular formula is C8H12O2S. The zero-order valence-electron chi connectivity index (χ0n) is 6.53. The third-order valence-electron chi connectivity index (χ3n) is 0.849. The molecular weight excluding hydrogens is 160 g/mol. The highest BCUT2D eigenvalue weighted by Crippen LogP contribution is 2.05. The molecule has 1 heterocycles. The van der Waals surface area contributed by atoms with Gasteiger partial charge in [-0.2, -0.15) is 0 Å². The van der Waals surface area contributed by atoms with Crippen LogP contribution < -0.4 is 0 Å². The predicted molar refractivity (Wildman–Crippen MR) is 48.4 cm³/mol. The average molecular weight is 172 g/mol. The Morgan fingerprint density at radius 1 is 1.64 bits per heavy atom. The molecule has 0 fully saturated rings. The maximum atomic E-state index is 9.18. The molecule has 0 N–H and O–H groups in total. The molecule has 0 aliphatic carbocycles. The molecule has 0 aromatic rings. The van der Waals surface area contributed by atoms with E-state index in [1.165, 1.54) is 0 Å². The second kappa shape index (κ2) is 9.30. The van der Waals surface area contributed by atoms with E-state index in [-0.39, 0.29) is 0 Å². The number of thioether (sulfide) groups is 1. The summed E-state index contributed by atoms with van der Waals surface area (Å²) in [5.74, 6) is 1.15. The number of hydrogen-bond acceptors (Lipinski definition) is 3. The molecule has 0 aromatic heterocycles. The van der Waals surface area contributed by atoms with Crippen LogP contribution in [0.4, 0.5) is 0 Å². The third-order valence-corrected chi connectivity index (χ3v) is 1.58. The second-order valence-electron chi connectivity index (χ2n) is 1.64. The summed E-state index contributed by atoms with van der Waals surface area (Å²) in [7, 11) is 0. The van der Waals surface area contributed by atoms with E-state index in [0.717, 1.165) is 5.75 Å². The van der Waals surface area contributed by atoms with Crippen molar-refractivity contribution in [3.8, 4) is 0 Å². The SMILES string of the molecule is C1=CCSC=C1.CCOC=O. The number of hydrogen-bond donors (Lipinski definition) is 0. The van der Waals surface area contributed by atoms with Gasteiger partial charge in [-0.05, 0) is 12.3 Å². The van der Waals surface area contributed by atoms with E-state index in [2.05, 4.69) is 22.3 Å². The standard InChI is InChI=1S/C5H6S.C3H6O2/c1-2-4-6-5-3-1;1-2-5-3-4/h1-4H,5H2;3H,2H2,1H3. The number of allylic oxidation sites excluding steroid dienone is 2. The van der Waals surface area contributed by atoms with Gasteiger partial charge >= 0.3 is 0 Å². The van der Waals surface area contributed by atoms with Gasteiger partial charge in [0.25, 0.3) is 6.47 Å². The Bertz CT molecular complexity index is 129. The number of ether oxygens (including phenoxy) is 1. The van der Waals surface area contributed by atoms with E-state index in [1.807, 2.05) is 17.8 Å². The Labute approximate surface area is 71.3 Å². The van der Waals surface area contributed by atoms with Crippen LogP contribution in [0.1, 0.15) is 6.92 Å². The first-order valence-corrected chi connectivity index (χ1v) is 4.45. The molecule has 1 rings (SSSR count). The van der Waals surface area contributed by atoms with Crippen molar-refractivity contribution in [2.24, 2.45) is 0 Å². The van der Waals surface area contributed by atoms with E-state index < -0.39 is 0 Å². The van der Waals surface area contributed by atoms with Crippen LogP contribution in [0.15, 0.2) is 23.6 Å². The van der Waals surface area contributed by atoms with Crippen LogP contribution in [0.5, 0.6) is 0 Å². The molecule has 0 saturated carbocycles. The Balaban J connectivity index is 0.000000187. The van der Waals surface area contributed by atoms with Gasteiger partial charge in [0.05, 0.1) is 6.61 Å². The largest absolute Gasteiger partial charge is 0.468 e. The fourth-order valence-corrected chi connectivity index (χ4v) is 0.949. The minimum atomic E-state index is 0.431. The highest BCUT2D eigenvalue weighted by Gasteiger charge is 1.77. The highest BCUT2D eigenvalue weighted by atomic mass is 32.2. The average Bonchev–Trinajstić information content (AvgIpc) is 2.10. The Morgan fingerprint density at radius 3 is 2.55 bits per heavy atom. The van der Waals surface area contributed by atoms with Gasteiger partial charge in [-0.3, -0.25) is 4.79 Å². The van der Waals surface area contributed by atoms with Gasteiger partial charge in [0, 0.05) is 5.75 Å². The van der Waals surface area contributed by atoms with Gasteiger partial charge < -0.3 is 4.74 Å². The predicted octanol–water partition coefficient (Wildman–Crippen LogP) is 1.98. The summed E-state index contributed by atoms with van der Waals surface area (Å²) in [6.07, 6.45) is 6.26. The Hall–Kier alpha value is -0.700.